The first-order valence-corrected chi connectivity index (χ1v) is 39.0. The SMILES string of the molecule is CC(C)C(C)CO.CC(C)C(CO)CO.CC(C)CC(C)(C)O.CC(C)CC(C)O.CC(C)CC(O)CO.CC(C)CC1(O)CCCCC1.CC(C)CCO.CC(C)C[C@@H](C)O.CC(C)C[C@@H](O)CO.CC(C)C[C@H](C)O.CC(C)C[C@H](O)CO.CC(C)[C@@H](C)CO.CC(C)[C@H](C)CO. The minimum Gasteiger partial charge on any atom is -0.396 e. The Morgan fingerprint density at radius 3 is 0.596 bits per heavy atom. The zero-order chi connectivity index (χ0) is 81.5. The quantitative estimate of drug-likeness (QED) is 0.0318. The zero-order valence-electron chi connectivity index (χ0n) is 72.1. The second kappa shape index (κ2) is 84.6. The summed E-state index contributed by atoms with van der Waals surface area (Å²) in [4.78, 5) is 0. The molecular weight excluding hydrogens is 1260 g/mol. The molecule has 618 valence electrons. The van der Waals surface area contributed by atoms with E-state index in [1.165, 1.54) is 19.3 Å². The fourth-order valence-electron chi connectivity index (χ4n) is 8.45. The van der Waals surface area contributed by atoms with Crippen LogP contribution in [0.5, 0.6) is 0 Å². The summed E-state index contributed by atoms with van der Waals surface area (Å²) in [5.41, 5.74) is -0.777. The largest absolute Gasteiger partial charge is 0.396 e. The van der Waals surface area contributed by atoms with Gasteiger partial charge < -0.3 is 86.8 Å². The Balaban J connectivity index is -0.0000000831. The van der Waals surface area contributed by atoms with Gasteiger partial charge in [-0.15, -0.1) is 0 Å². The maximum atomic E-state index is 10.0. The number of rotatable bonds is 30. The molecule has 0 radical (unpaired) electrons. The van der Waals surface area contributed by atoms with Crippen molar-refractivity contribution in [1.82, 2.24) is 0 Å². The second-order valence-corrected chi connectivity index (χ2v) is 34.1. The Hall–Kier alpha value is -0.680. The van der Waals surface area contributed by atoms with Crippen molar-refractivity contribution in [2.75, 3.05) is 59.5 Å². The van der Waals surface area contributed by atoms with Crippen LogP contribution in [0.2, 0.25) is 0 Å². The van der Waals surface area contributed by atoms with Gasteiger partial charge in [0, 0.05) is 45.6 Å². The molecule has 0 amide bonds. The third-order valence-electron chi connectivity index (χ3n) is 15.2. The molecule has 0 spiro atoms. The van der Waals surface area contributed by atoms with Gasteiger partial charge in [0.15, 0.2) is 0 Å². The summed E-state index contributed by atoms with van der Waals surface area (Å²) in [6.07, 6.45) is 11.5. The number of hydrogen-bond acceptors (Lipinski definition) is 17. The van der Waals surface area contributed by atoms with Gasteiger partial charge in [-0.3, -0.25) is 0 Å². The van der Waals surface area contributed by atoms with Crippen LogP contribution in [0.3, 0.4) is 0 Å². The van der Waals surface area contributed by atoms with Gasteiger partial charge in [-0.05, 0) is 200 Å². The zero-order valence-corrected chi connectivity index (χ0v) is 72.1. The molecule has 17 heteroatoms. The summed E-state index contributed by atoms with van der Waals surface area (Å²) in [6.45, 7) is 70.5. The minimum atomic E-state index is -0.519. The molecule has 0 heterocycles. The molecule has 0 aliphatic heterocycles. The van der Waals surface area contributed by atoms with Crippen molar-refractivity contribution in [2.45, 2.75) is 373 Å². The van der Waals surface area contributed by atoms with Crippen molar-refractivity contribution in [3.05, 3.63) is 0 Å². The predicted molar refractivity (Wildman–Crippen MR) is 427 cm³/mol. The molecule has 99 heavy (non-hydrogen) atoms. The van der Waals surface area contributed by atoms with Crippen LogP contribution >= 0.6 is 0 Å². The maximum Gasteiger partial charge on any atom is 0.0773 e. The lowest BCUT2D eigenvalue weighted by Gasteiger charge is -2.33. The van der Waals surface area contributed by atoms with E-state index in [1.54, 1.807) is 0 Å². The highest BCUT2D eigenvalue weighted by Gasteiger charge is 2.29. The van der Waals surface area contributed by atoms with Crippen LogP contribution in [0.1, 0.15) is 325 Å². The van der Waals surface area contributed by atoms with Crippen LogP contribution in [0.15, 0.2) is 0 Å². The Morgan fingerprint density at radius 1 is 0.293 bits per heavy atom. The molecule has 0 bridgehead atoms. The summed E-state index contributed by atoms with van der Waals surface area (Å²) in [7, 11) is 0. The lowest BCUT2D eigenvalue weighted by molar-refractivity contribution is -0.0139. The number of hydrogen-bond donors (Lipinski definition) is 17. The Bertz CT molecular complexity index is 1280. The molecule has 1 aliphatic carbocycles. The topological polar surface area (TPSA) is 344 Å². The van der Waals surface area contributed by atoms with Gasteiger partial charge in [-0.2, -0.15) is 0 Å². The number of aliphatic hydroxyl groups is 17. The van der Waals surface area contributed by atoms with Gasteiger partial charge in [0.2, 0.25) is 0 Å². The molecule has 3 unspecified atom stereocenters. The smallest absolute Gasteiger partial charge is 0.0773 e. The van der Waals surface area contributed by atoms with Crippen molar-refractivity contribution < 1.29 is 86.8 Å². The number of aliphatic hydroxyl groups excluding tert-OH is 15. The summed E-state index contributed by atoms with van der Waals surface area (Å²) >= 11 is 0. The van der Waals surface area contributed by atoms with Gasteiger partial charge in [-0.1, -0.05) is 220 Å². The molecule has 0 saturated heterocycles. The van der Waals surface area contributed by atoms with Crippen LogP contribution in [0.4, 0.5) is 0 Å². The van der Waals surface area contributed by atoms with Crippen LogP contribution in [-0.2, 0) is 0 Å². The van der Waals surface area contributed by atoms with E-state index < -0.39 is 23.9 Å². The molecule has 9 atom stereocenters. The van der Waals surface area contributed by atoms with Gasteiger partial charge >= 0.3 is 0 Å². The van der Waals surface area contributed by atoms with Gasteiger partial charge in [0.25, 0.3) is 0 Å². The molecular formula is C82H188O17. The standard InChI is InChI=1S/C10H20O.C7H16O.4C6H14O2.6C6H14O.C5H12O/c1-9(2)8-10(11)6-4-3-5-7-10;1-6(2)5-7(3,4)8;1-5(2)6(3-7)4-8;3*1-5(2)3-6(8)4-7;3*1-5(2)6(3)4-7;3*1-5(2)4-6(3)7;1-5(2)3-4-6/h9,11H,3-8H2,1-2H3;6,8H,5H2,1-4H3;4*5-8H,3-4H2,1-2H3;6*5-7H,4H2,1-3H3;5-6H,3-4H2,1-2H3/t;;;2*6-;;2*6-;;2*6-;;/m...10.10.10../s1. The highest BCUT2D eigenvalue weighted by Crippen LogP contribution is 2.33. The van der Waals surface area contributed by atoms with E-state index in [2.05, 4.69) is 125 Å². The van der Waals surface area contributed by atoms with Crippen molar-refractivity contribution in [1.29, 1.82) is 0 Å². The van der Waals surface area contributed by atoms with E-state index in [1.807, 2.05) is 111 Å². The third kappa shape index (κ3) is 144. The van der Waals surface area contributed by atoms with Crippen molar-refractivity contribution in [3.63, 3.8) is 0 Å². The Labute approximate surface area is 617 Å². The fourth-order valence-corrected chi connectivity index (χ4v) is 8.45. The highest BCUT2D eigenvalue weighted by atomic mass is 16.3. The van der Waals surface area contributed by atoms with Crippen LogP contribution in [0.25, 0.3) is 0 Å². The predicted octanol–water partition coefficient (Wildman–Crippen LogP) is 15.0. The molecule has 0 aromatic rings. The normalized spacial score (nSPS) is 15.1. The van der Waals surface area contributed by atoms with Crippen LogP contribution < -0.4 is 0 Å². The molecule has 1 aliphatic rings. The van der Waals surface area contributed by atoms with E-state index in [4.69, 9.17) is 76.6 Å². The summed E-state index contributed by atoms with van der Waals surface area (Å²) in [5.74, 6) is 8.83. The van der Waals surface area contributed by atoms with Crippen molar-refractivity contribution in [3.8, 4) is 0 Å². The Kier molecular flexibility index (Phi) is 107. The molecule has 1 rings (SSSR count). The van der Waals surface area contributed by atoms with Crippen LogP contribution in [0, 0.1) is 101 Å². The highest BCUT2D eigenvalue weighted by molar-refractivity contribution is 4.83. The van der Waals surface area contributed by atoms with E-state index in [0.29, 0.717) is 140 Å². The first-order valence-electron chi connectivity index (χ1n) is 39.0. The first kappa shape index (κ1) is 125. The summed E-state index contributed by atoms with van der Waals surface area (Å²) in [6, 6.07) is 0. The van der Waals surface area contributed by atoms with Gasteiger partial charge in [0.1, 0.15) is 0 Å². The molecule has 17 N–H and O–H groups in total. The molecule has 0 aromatic carbocycles. The van der Waals surface area contributed by atoms with E-state index in [0.717, 1.165) is 51.4 Å². The molecule has 1 fully saturated rings. The lowest BCUT2D eigenvalue weighted by Crippen LogP contribution is -2.32. The molecule has 0 aromatic heterocycles. The Morgan fingerprint density at radius 2 is 0.535 bits per heavy atom. The monoisotopic (exact) mass is 1450 g/mol. The second-order valence-electron chi connectivity index (χ2n) is 34.1. The van der Waals surface area contributed by atoms with E-state index in [-0.39, 0.29) is 62.9 Å². The van der Waals surface area contributed by atoms with E-state index >= 15 is 0 Å². The molecule has 1 saturated carbocycles. The van der Waals surface area contributed by atoms with Crippen molar-refractivity contribution in [2.24, 2.45) is 101 Å². The van der Waals surface area contributed by atoms with Crippen molar-refractivity contribution >= 4 is 0 Å². The van der Waals surface area contributed by atoms with Crippen LogP contribution in [-0.4, -0.2) is 194 Å². The average Bonchev–Trinajstić information content (AvgIpc) is 0.877. The maximum absolute atomic E-state index is 10.0. The third-order valence-corrected chi connectivity index (χ3v) is 15.2. The van der Waals surface area contributed by atoms with Gasteiger partial charge in [0.05, 0.1) is 67.6 Å². The molecule has 17 nitrogen and oxygen atoms in total. The lowest BCUT2D eigenvalue weighted by atomic mass is 9.79. The summed E-state index contributed by atoms with van der Waals surface area (Å²) < 4.78 is 0. The first-order chi connectivity index (χ1) is 44.9. The fraction of sp³-hybridized carbons (Fsp3) is 1.00. The minimum absolute atomic E-state index is 0.0648. The average molecular weight is 1450 g/mol. The van der Waals surface area contributed by atoms with E-state index in [9.17, 15) is 10.2 Å². The summed E-state index contributed by atoms with van der Waals surface area (Å²) in [5, 5.41) is 148. The van der Waals surface area contributed by atoms with Gasteiger partial charge in [-0.25, -0.2) is 0 Å².